The van der Waals surface area contributed by atoms with Crippen molar-refractivity contribution in [2.24, 2.45) is 69.3 Å². The number of ketones is 1. The number of epoxide rings is 1. The molecule has 6 aliphatic carbocycles. The van der Waals surface area contributed by atoms with Gasteiger partial charge in [-0.05, 0) is 168 Å². The molecule has 3 heterocycles. The summed E-state index contributed by atoms with van der Waals surface area (Å²) in [6, 6.07) is 0. The van der Waals surface area contributed by atoms with Crippen LogP contribution in [0.15, 0.2) is 11.1 Å². The zero-order valence-corrected chi connectivity index (χ0v) is 36.1. The molecule has 0 aromatic heterocycles. The Kier molecular flexibility index (Phi) is 10.6. The molecule has 3 saturated heterocycles. The smallest absolute Gasteiger partial charge is 0.162 e. The lowest BCUT2D eigenvalue weighted by Crippen LogP contribution is -2.70. The van der Waals surface area contributed by atoms with Crippen molar-refractivity contribution in [3.8, 4) is 0 Å². The monoisotopic (exact) mass is 795 g/mol. The second-order valence-electron chi connectivity index (χ2n) is 22.5. The molecule has 4 saturated carbocycles. The van der Waals surface area contributed by atoms with Crippen molar-refractivity contribution in [1.29, 1.82) is 0 Å². The number of nitrogens with two attached hydrogens (primary N) is 1. The molecule has 9 heteroatoms. The van der Waals surface area contributed by atoms with Crippen LogP contribution in [0.1, 0.15) is 157 Å². The number of hydrogen-bond donors (Lipinski definition) is 6. The number of allylic oxidation sites excluding steroid dienone is 1. The van der Waals surface area contributed by atoms with Gasteiger partial charge in [0.1, 0.15) is 17.8 Å². The lowest BCUT2D eigenvalue weighted by atomic mass is 9.35. The third-order valence-corrected chi connectivity index (χ3v) is 19.7. The van der Waals surface area contributed by atoms with E-state index in [9.17, 15) is 20.4 Å². The van der Waals surface area contributed by atoms with Crippen molar-refractivity contribution in [2.45, 2.75) is 198 Å². The van der Waals surface area contributed by atoms with Gasteiger partial charge < -0.3 is 41.0 Å². The van der Waals surface area contributed by atoms with Crippen LogP contribution in [-0.2, 0) is 14.3 Å². The van der Waals surface area contributed by atoms with Gasteiger partial charge in [-0.3, -0.25) is 4.79 Å². The highest BCUT2D eigenvalue weighted by Crippen LogP contribution is 2.78. The summed E-state index contributed by atoms with van der Waals surface area (Å²) < 4.78 is 14.1. The first-order chi connectivity index (χ1) is 27.1. The van der Waals surface area contributed by atoms with E-state index in [1.54, 1.807) is 0 Å². The Bertz CT molecular complexity index is 1580. The molecule has 0 spiro atoms. The van der Waals surface area contributed by atoms with Gasteiger partial charge in [-0.25, -0.2) is 0 Å². The third kappa shape index (κ3) is 5.91. The van der Waals surface area contributed by atoms with Crippen LogP contribution in [0.4, 0.5) is 0 Å². The lowest BCUT2D eigenvalue weighted by Gasteiger charge is -2.70. The zero-order chi connectivity index (χ0) is 40.3. The van der Waals surface area contributed by atoms with Crippen LogP contribution < -0.4 is 11.1 Å². The zero-order valence-electron chi connectivity index (χ0n) is 36.1. The van der Waals surface area contributed by atoms with Crippen molar-refractivity contribution >= 4 is 5.78 Å². The molecule has 3 aliphatic heterocycles. The van der Waals surface area contributed by atoms with Crippen molar-refractivity contribution < 1.29 is 34.7 Å². The van der Waals surface area contributed by atoms with Gasteiger partial charge in [-0.1, -0.05) is 53.4 Å². The molecule has 9 aliphatic rings. The van der Waals surface area contributed by atoms with Crippen molar-refractivity contribution in [2.75, 3.05) is 19.8 Å². The molecule has 18 atom stereocenters. The highest BCUT2D eigenvalue weighted by Gasteiger charge is 2.80. The first-order valence-electron chi connectivity index (χ1n) is 23.9. The van der Waals surface area contributed by atoms with Gasteiger partial charge in [0.15, 0.2) is 5.78 Å². The predicted molar refractivity (Wildman–Crippen MR) is 220 cm³/mol. The number of rotatable bonds is 13. The quantitative estimate of drug-likeness (QED) is 0.0896. The summed E-state index contributed by atoms with van der Waals surface area (Å²) in [5, 5.41) is 52.3. The summed E-state index contributed by atoms with van der Waals surface area (Å²) in [4.78, 5) is 15.1. The van der Waals surface area contributed by atoms with E-state index in [1.165, 1.54) is 19.3 Å². The Hall–Kier alpha value is -0.910. The number of unbranched alkanes of at least 4 members (excludes halogenated alkanes) is 3. The first-order valence-corrected chi connectivity index (χ1v) is 23.9. The number of nitrogens with one attached hydrogen (secondary N) is 1. The molecular formula is C48H78N2O7. The number of Topliss-reactive ketones (excluding diaryl/α,β-unsaturated/α-hetero) is 1. The summed E-state index contributed by atoms with van der Waals surface area (Å²) >= 11 is 0. The maximum Gasteiger partial charge on any atom is 0.162 e. The normalized spacial score (nSPS) is 50.9. The molecule has 0 bridgehead atoms. The Balaban J connectivity index is 1.08. The van der Waals surface area contributed by atoms with E-state index in [2.05, 4.69) is 26.1 Å². The van der Waals surface area contributed by atoms with Crippen LogP contribution in [0.25, 0.3) is 0 Å². The van der Waals surface area contributed by atoms with E-state index in [0.29, 0.717) is 43.1 Å². The Morgan fingerprint density at radius 3 is 2.54 bits per heavy atom. The molecule has 7 N–H and O–H groups in total. The van der Waals surface area contributed by atoms with Gasteiger partial charge in [-0.2, -0.15) is 0 Å². The maximum atomic E-state index is 15.1. The Morgan fingerprint density at radius 1 is 1.00 bits per heavy atom. The van der Waals surface area contributed by atoms with E-state index in [1.807, 2.05) is 13.8 Å². The van der Waals surface area contributed by atoms with Crippen LogP contribution in [0.3, 0.4) is 0 Å². The van der Waals surface area contributed by atoms with Crippen molar-refractivity contribution in [3.05, 3.63) is 11.1 Å². The van der Waals surface area contributed by atoms with Crippen molar-refractivity contribution in [1.82, 2.24) is 5.32 Å². The molecule has 0 aromatic carbocycles. The number of carbonyl (C=O) groups is 1. The molecule has 57 heavy (non-hydrogen) atoms. The van der Waals surface area contributed by atoms with Gasteiger partial charge in [0.05, 0.1) is 30.1 Å². The summed E-state index contributed by atoms with van der Waals surface area (Å²) in [6.07, 6.45) is 16.6. The van der Waals surface area contributed by atoms with E-state index < -0.39 is 39.8 Å². The number of aliphatic hydroxyl groups excluding tert-OH is 2. The third-order valence-electron chi connectivity index (χ3n) is 19.7. The first kappa shape index (κ1) is 41.4. The average Bonchev–Trinajstić information content (AvgIpc) is 3.96. The highest BCUT2D eigenvalue weighted by molar-refractivity contribution is 6.00. The molecule has 322 valence electrons. The van der Waals surface area contributed by atoms with Crippen LogP contribution in [0, 0.1) is 63.6 Å². The summed E-state index contributed by atoms with van der Waals surface area (Å²) in [5.41, 5.74) is 3.78. The molecule has 0 amide bonds. The van der Waals surface area contributed by atoms with Crippen LogP contribution >= 0.6 is 0 Å². The second-order valence-corrected chi connectivity index (χ2v) is 22.5. The molecule has 7 fully saturated rings. The second kappa shape index (κ2) is 14.6. The largest absolute Gasteiger partial charge is 0.396 e. The summed E-state index contributed by atoms with van der Waals surface area (Å²) in [5.74, 6) is 1.93. The fraction of sp³-hybridized carbons (Fsp3) is 0.938. The fourth-order valence-corrected chi connectivity index (χ4v) is 16.6. The van der Waals surface area contributed by atoms with E-state index in [-0.39, 0.29) is 53.7 Å². The fourth-order valence-electron chi connectivity index (χ4n) is 16.6. The predicted octanol–water partition coefficient (Wildman–Crippen LogP) is 6.57. The molecule has 9 rings (SSSR count). The highest BCUT2D eigenvalue weighted by atomic mass is 16.6. The van der Waals surface area contributed by atoms with Gasteiger partial charge in [-0.15, -0.1) is 0 Å². The minimum absolute atomic E-state index is 0.00260. The van der Waals surface area contributed by atoms with Gasteiger partial charge in [0, 0.05) is 23.4 Å². The van der Waals surface area contributed by atoms with Crippen molar-refractivity contribution in [3.63, 3.8) is 0 Å². The Labute approximate surface area is 343 Å². The molecule has 18 unspecified atom stereocenters. The number of hydrogen-bond acceptors (Lipinski definition) is 9. The van der Waals surface area contributed by atoms with E-state index >= 15 is 4.79 Å². The summed E-state index contributed by atoms with van der Waals surface area (Å²) in [7, 11) is 0. The minimum atomic E-state index is -1.30. The number of aliphatic hydroxyl groups is 4. The summed E-state index contributed by atoms with van der Waals surface area (Å²) in [6.45, 7) is 12.3. The van der Waals surface area contributed by atoms with Gasteiger partial charge >= 0.3 is 0 Å². The standard InChI is InChI=1S/C48H78N2O7/c1-6-7-8-9-17-46-31-11-10-30-26-44(4)36(23-32-12-13-34(39(38(30)46)48(32,44)55)40(53)35(46)24-33(52)22-31)47(25-28(2)16-20-56-47)42-41(57-42)45(5,54)43(3,27-51)18-14-29-15-19-50-37(49)21-29/h28-33,35-38,41-42,50-52,54-55H,6-27,49H2,1-5H3. The molecule has 0 aromatic rings. The van der Waals surface area contributed by atoms with Crippen LogP contribution in [0.2, 0.25) is 0 Å². The molecule has 9 nitrogen and oxygen atoms in total. The topological polar surface area (TPSA) is 158 Å². The minimum Gasteiger partial charge on any atom is -0.396 e. The SMILES string of the molecule is CCCCCCC12C3CCC4CC5(C)C(C6(C7OC7C(C)(O)C(C)(CO)CCC7CCNC(N)C7)CC(C)CCO6)CC6CCC(=C(C41)C65O)C(=O)C2CC(O)C3. The maximum absolute atomic E-state index is 15.1. The molecule has 0 radical (unpaired) electrons. The van der Waals surface area contributed by atoms with Crippen LogP contribution in [0.5, 0.6) is 0 Å². The van der Waals surface area contributed by atoms with E-state index in [4.69, 9.17) is 15.2 Å². The number of carbonyl (C=O) groups excluding carboxylic acids is 1. The van der Waals surface area contributed by atoms with E-state index in [0.717, 1.165) is 108 Å². The average molecular weight is 795 g/mol. The number of piperidine rings is 1. The van der Waals surface area contributed by atoms with Crippen LogP contribution in [-0.4, -0.2) is 87.2 Å². The lowest BCUT2D eigenvalue weighted by molar-refractivity contribution is -0.219. The van der Waals surface area contributed by atoms with Gasteiger partial charge in [0.2, 0.25) is 0 Å². The van der Waals surface area contributed by atoms with Gasteiger partial charge in [0.25, 0.3) is 0 Å². The number of ether oxygens (including phenoxy) is 2. The molecular weight excluding hydrogens is 717 g/mol. The Morgan fingerprint density at radius 2 is 1.81 bits per heavy atom.